The lowest BCUT2D eigenvalue weighted by molar-refractivity contribution is -0.124. The van der Waals surface area contributed by atoms with E-state index in [-0.39, 0.29) is 11.7 Å². The van der Waals surface area contributed by atoms with Crippen molar-refractivity contribution in [2.75, 3.05) is 18.8 Å². The number of carbonyl (C=O) groups is 1. The number of hydrogen-bond acceptors (Lipinski definition) is 5. The van der Waals surface area contributed by atoms with Crippen LogP contribution in [0.4, 0.5) is 0 Å². The molecule has 0 aliphatic carbocycles. The average molecular weight is 345 g/mol. The molecule has 0 saturated carbocycles. The van der Waals surface area contributed by atoms with Crippen LogP contribution < -0.4 is 5.32 Å². The predicted octanol–water partition coefficient (Wildman–Crippen LogP) is 1.31. The third-order valence-electron chi connectivity index (χ3n) is 3.63. The first-order valence-electron chi connectivity index (χ1n) is 7.62. The standard InChI is InChI=1S/C14H23N3O3S2/c1-3-9-22(19,20)17-8-4-5-12(17)14(18)15-7-6-13-16-10-11(2)21-13/h10,12H,3-9H2,1-2H3,(H,15,18)/t12-/m1/s1. The number of carbonyl (C=O) groups excluding carboxylic acids is 1. The minimum absolute atomic E-state index is 0.106. The van der Waals surface area contributed by atoms with Crippen molar-refractivity contribution in [2.24, 2.45) is 0 Å². The summed E-state index contributed by atoms with van der Waals surface area (Å²) in [5.74, 6) is -0.0831. The first kappa shape index (κ1) is 17.4. The maximum atomic E-state index is 12.3. The average Bonchev–Trinajstić information content (AvgIpc) is 3.07. The van der Waals surface area contributed by atoms with Gasteiger partial charge in [0.25, 0.3) is 0 Å². The quantitative estimate of drug-likeness (QED) is 0.808. The summed E-state index contributed by atoms with van der Waals surface area (Å²) in [7, 11) is -3.32. The number of aryl methyl sites for hydroxylation is 1. The molecule has 124 valence electrons. The minimum atomic E-state index is -3.32. The molecule has 2 heterocycles. The molecule has 0 spiro atoms. The number of amides is 1. The van der Waals surface area contributed by atoms with Crippen molar-refractivity contribution < 1.29 is 13.2 Å². The predicted molar refractivity (Wildman–Crippen MR) is 87.4 cm³/mol. The molecule has 1 atom stereocenters. The SMILES string of the molecule is CCCS(=O)(=O)N1CCC[C@@H]1C(=O)NCCc1ncc(C)s1. The fourth-order valence-corrected chi connectivity index (χ4v) is 5.17. The zero-order valence-corrected chi connectivity index (χ0v) is 14.7. The van der Waals surface area contributed by atoms with Gasteiger partial charge in [-0.2, -0.15) is 4.31 Å². The highest BCUT2D eigenvalue weighted by molar-refractivity contribution is 7.89. The number of sulfonamides is 1. The van der Waals surface area contributed by atoms with Crippen molar-refractivity contribution in [2.45, 2.75) is 45.6 Å². The Morgan fingerprint density at radius 2 is 2.32 bits per heavy atom. The minimum Gasteiger partial charge on any atom is -0.354 e. The Morgan fingerprint density at radius 3 is 2.95 bits per heavy atom. The van der Waals surface area contributed by atoms with Gasteiger partial charge in [0.1, 0.15) is 6.04 Å². The van der Waals surface area contributed by atoms with E-state index in [1.165, 1.54) is 4.31 Å². The van der Waals surface area contributed by atoms with Crippen molar-refractivity contribution >= 4 is 27.3 Å². The van der Waals surface area contributed by atoms with E-state index in [0.717, 1.165) is 16.3 Å². The number of aromatic nitrogens is 1. The third kappa shape index (κ3) is 4.27. The van der Waals surface area contributed by atoms with Gasteiger partial charge in [0.15, 0.2) is 0 Å². The molecule has 0 unspecified atom stereocenters. The van der Waals surface area contributed by atoms with E-state index in [2.05, 4.69) is 10.3 Å². The van der Waals surface area contributed by atoms with Gasteiger partial charge in [0.05, 0.1) is 10.8 Å². The first-order valence-corrected chi connectivity index (χ1v) is 10.0. The molecule has 8 heteroatoms. The van der Waals surface area contributed by atoms with Crippen LogP contribution in [0.2, 0.25) is 0 Å². The van der Waals surface area contributed by atoms with E-state index < -0.39 is 16.1 Å². The van der Waals surface area contributed by atoms with Gasteiger partial charge in [-0.05, 0) is 26.2 Å². The van der Waals surface area contributed by atoms with Crippen molar-refractivity contribution in [1.29, 1.82) is 0 Å². The van der Waals surface area contributed by atoms with Crippen LogP contribution in [0.15, 0.2) is 6.20 Å². The zero-order valence-electron chi connectivity index (χ0n) is 13.0. The van der Waals surface area contributed by atoms with Crippen LogP contribution in [-0.4, -0.2) is 48.5 Å². The van der Waals surface area contributed by atoms with Crippen LogP contribution in [0.5, 0.6) is 0 Å². The maximum Gasteiger partial charge on any atom is 0.238 e. The third-order valence-corrected chi connectivity index (χ3v) is 6.68. The normalized spacial score (nSPS) is 19.5. The Hall–Kier alpha value is -0.990. The van der Waals surface area contributed by atoms with Crippen LogP contribution in [0.25, 0.3) is 0 Å². The van der Waals surface area contributed by atoms with Gasteiger partial charge in [0, 0.05) is 30.6 Å². The molecule has 6 nitrogen and oxygen atoms in total. The summed E-state index contributed by atoms with van der Waals surface area (Å²) in [5.41, 5.74) is 0. The highest BCUT2D eigenvalue weighted by Crippen LogP contribution is 2.22. The Kier molecular flexibility index (Phi) is 5.94. The fraction of sp³-hybridized carbons (Fsp3) is 0.714. The number of nitrogens with zero attached hydrogens (tertiary/aromatic N) is 2. The molecule has 1 aromatic heterocycles. The van der Waals surface area contributed by atoms with Gasteiger partial charge in [-0.15, -0.1) is 11.3 Å². The Balaban J connectivity index is 1.88. The Morgan fingerprint density at radius 1 is 1.55 bits per heavy atom. The van der Waals surface area contributed by atoms with Crippen LogP contribution in [-0.2, 0) is 21.2 Å². The summed E-state index contributed by atoms with van der Waals surface area (Å²) in [5, 5.41) is 3.83. The van der Waals surface area contributed by atoms with Crippen LogP contribution in [0, 0.1) is 6.92 Å². The Labute approximate surface area is 136 Å². The highest BCUT2D eigenvalue weighted by Gasteiger charge is 2.37. The molecule has 1 aliphatic heterocycles. The zero-order chi connectivity index (χ0) is 16.2. The lowest BCUT2D eigenvalue weighted by Crippen LogP contribution is -2.46. The van der Waals surface area contributed by atoms with Crippen molar-refractivity contribution in [3.63, 3.8) is 0 Å². The van der Waals surface area contributed by atoms with Gasteiger partial charge < -0.3 is 5.32 Å². The van der Waals surface area contributed by atoms with Crippen molar-refractivity contribution in [3.8, 4) is 0 Å². The summed E-state index contributed by atoms with van der Waals surface area (Å²) < 4.78 is 25.7. The van der Waals surface area contributed by atoms with Crippen molar-refractivity contribution in [1.82, 2.24) is 14.6 Å². The molecule has 0 aromatic carbocycles. The lowest BCUT2D eigenvalue weighted by atomic mass is 10.2. The van der Waals surface area contributed by atoms with Gasteiger partial charge >= 0.3 is 0 Å². The second-order valence-corrected chi connectivity index (χ2v) is 8.85. The van der Waals surface area contributed by atoms with E-state index in [9.17, 15) is 13.2 Å². The topological polar surface area (TPSA) is 79.4 Å². The number of nitrogens with one attached hydrogen (secondary N) is 1. The van der Waals surface area contributed by atoms with Crippen molar-refractivity contribution in [3.05, 3.63) is 16.1 Å². The summed E-state index contributed by atoms with van der Waals surface area (Å²) in [6.07, 6.45) is 4.41. The van der Waals surface area contributed by atoms with Crippen LogP contribution >= 0.6 is 11.3 Å². The van der Waals surface area contributed by atoms with Gasteiger partial charge in [-0.25, -0.2) is 13.4 Å². The van der Waals surface area contributed by atoms with Crippen LogP contribution in [0.1, 0.15) is 36.1 Å². The lowest BCUT2D eigenvalue weighted by Gasteiger charge is -2.23. The summed E-state index contributed by atoms with van der Waals surface area (Å²) in [4.78, 5) is 17.7. The maximum absolute atomic E-state index is 12.3. The van der Waals surface area contributed by atoms with Gasteiger partial charge in [-0.1, -0.05) is 6.92 Å². The second kappa shape index (κ2) is 7.52. The van der Waals surface area contributed by atoms with E-state index in [4.69, 9.17) is 0 Å². The summed E-state index contributed by atoms with van der Waals surface area (Å²) in [6, 6.07) is -0.547. The molecule has 1 fully saturated rings. The molecule has 1 aromatic rings. The first-order chi connectivity index (χ1) is 10.4. The fourth-order valence-electron chi connectivity index (χ4n) is 2.64. The molecular weight excluding hydrogens is 322 g/mol. The molecule has 1 N–H and O–H groups in total. The molecule has 1 amide bonds. The number of hydrogen-bond donors (Lipinski definition) is 1. The Bertz CT molecular complexity index is 613. The number of rotatable bonds is 7. The molecule has 0 bridgehead atoms. The van der Waals surface area contributed by atoms with E-state index in [1.807, 2.05) is 20.0 Å². The molecule has 1 saturated heterocycles. The number of thiazole rings is 1. The van der Waals surface area contributed by atoms with Crippen LogP contribution in [0.3, 0.4) is 0 Å². The smallest absolute Gasteiger partial charge is 0.238 e. The summed E-state index contributed by atoms with van der Waals surface area (Å²) >= 11 is 1.61. The van der Waals surface area contributed by atoms with E-state index in [0.29, 0.717) is 32.4 Å². The van der Waals surface area contributed by atoms with Gasteiger partial charge in [-0.3, -0.25) is 4.79 Å². The monoisotopic (exact) mass is 345 g/mol. The van der Waals surface area contributed by atoms with E-state index in [1.54, 1.807) is 11.3 Å². The molecule has 0 radical (unpaired) electrons. The summed E-state index contributed by atoms with van der Waals surface area (Å²) in [6.45, 7) is 4.77. The van der Waals surface area contributed by atoms with Gasteiger partial charge in [0.2, 0.25) is 15.9 Å². The van der Waals surface area contributed by atoms with E-state index >= 15 is 0 Å². The molecular formula is C14H23N3O3S2. The molecule has 2 rings (SSSR count). The second-order valence-electron chi connectivity index (χ2n) is 5.49. The largest absolute Gasteiger partial charge is 0.354 e. The molecule has 1 aliphatic rings. The highest BCUT2D eigenvalue weighted by atomic mass is 32.2. The molecule has 22 heavy (non-hydrogen) atoms.